The van der Waals surface area contributed by atoms with Crippen molar-refractivity contribution in [2.45, 2.75) is 19.3 Å². The van der Waals surface area contributed by atoms with Crippen molar-refractivity contribution >= 4 is 27.1 Å². The Morgan fingerprint density at radius 3 is 2.73 bits per heavy atom. The highest BCUT2D eigenvalue weighted by molar-refractivity contribution is 7.90. The standard InChI is InChI=1S/C15H25N3O2S2/c1-16-14(18(2)9-6-13-5-4-10-21-13)17-11-15(7-8-15)12-22(3,19)20/h4-5,10H,6-9,11-12H2,1-3H3,(H,16,17). The van der Waals surface area contributed by atoms with E-state index in [0.29, 0.717) is 6.54 Å². The maximum Gasteiger partial charge on any atom is 0.193 e. The monoisotopic (exact) mass is 343 g/mol. The predicted molar refractivity (Wildman–Crippen MR) is 93.4 cm³/mol. The fraction of sp³-hybridized carbons (Fsp3) is 0.667. The Balaban J connectivity index is 1.82. The van der Waals surface area contributed by atoms with Gasteiger partial charge in [-0.15, -0.1) is 11.3 Å². The molecular weight excluding hydrogens is 318 g/mol. The molecule has 7 heteroatoms. The first-order valence-electron chi connectivity index (χ1n) is 7.45. The first kappa shape index (κ1) is 17.3. The summed E-state index contributed by atoms with van der Waals surface area (Å²) in [5.41, 5.74) is -0.0852. The number of aliphatic imine (C=N–C) groups is 1. The number of likely N-dealkylation sites (N-methyl/N-ethyl adjacent to an activating group) is 1. The van der Waals surface area contributed by atoms with E-state index in [-0.39, 0.29) is 11.2 Å². The molecule has 0 radical (unpaired) electrons. The van der Waals surface area contributed by atoms with Crippen molar-refractivity contribution in [2.24, 2.45) is 10.4 Å². The van der Waals surface area contributed by atoms with Gasteiger partial charge in [0, 0.05) is 43.7 Å². The van der Waals surface area contributed by atoms with Gasteiger partial charge in [-0.3, -0.25) is 4.99 Å². The van der Waals surface area contributed by atoms with E-state index in [1.54, 1.807) is 18.4 Å². The van der Waals surface area contributed by atoms with Crippen molar-refractivity contribution in [3.8, 4) is 0 Å². The van der Waals surface area contributed by atoms with Crippen molar-refractivity contribution in [3.05, 3.63) is 22.4 Å². The molecule has 0 atom stereocenters. The molecule has 5 nitrogen and oxygen atoms in total. The normalized spacial score (nSPS) is 17.3. The van der Waals surface area contributed by atoms with E-state index in [9.17, 15) is 8.42 Å². The van der Waals surface area contributed by atoms with Gasteiger partial charge in [0.1, 0.15) is 9.84 Å². The van der Waals surface area contributed by atoms with Crippen LogP contribution >= 0.6 is 11.3 Å². The Morgan fingerprint density at radius 2 is 2.23 bits per heavy atom. The van der Waals surface area contributed by atoms with Crippen LogP contribution in [0, 0.1) is 5.41 Å². The average molecular weight is 344 g/mol. The van der Waals surface area contributed by atoms with Crippen molar-refractivity contribution in [2.75, 3.05) is 39.2 Å². The number of hydrogen-bond donors (Lipinski definition) is 1. The zero-order chi connectivity index (χ0) is 16.2. The highest BCUT2D eigenvalue weighted by Gasteiger charge is 2.45. The van der Waals surface area contributed by atoms with E-state index < -0.39 is 9.84 Å². The molecule has 0 bridgehead atoms. The van der Waals surface area contributed by atoms with Crippen molar-refractivity contribution in [3.63, 3.8) is 0 Å². The lowest BCUT2D eigenvalue weighted by Gasteiger charge is -2.24. The summed E-state index contributed by atoms with van der Waals surface area (Å²) in [4.78, 5) is 7.75. The Morgan fingerprint density at radius 1 is 1.50 bits per heavy atom. The van der Waals surface area contributed by atoms with Gasteiger partial charge < -0.3 is 10.2 Å². The van der Waals surface area contributed by atoms with Gasteiger partial charge in [0.05, 0.1) is 5.75 Å². The van der Waals surface area contributed by atoms with Crippen LogP contribution in [0.1, 0.15) is 17.7 Å². The molecule has 0 aromatic carbocycles. The predicted octanol–water partition coefficient (Wildman–Crippen LogP) is 1.62. The lowest BCUT2D eigenvalue weighted by Crippen LogP contribution is -2.43. The quantitative estimate of drug-likeness (QED) is 0.604. The number of hydrogen-bond acceptors (Lipinski definition) is 4. The second-order valence-electron chi connectivity index (χ2n) is 6.22. The van der Waals surface area contributed by atoms with Gasteiger partial charge in [-0.25, -0.2) is 8.42 Å². The summed E-state index contributed by atoms with van der Waals surface area (Å²) in [6, 6.07) is 4.20. The maximum absolute atomic E-state index is 11.5. The van der Waals surface area contributed by atoms with Crippen molar-refractivity contribution < 1.29 is 8.42 Å². The summed E-state index contributed by atoms with van der Waals surface area (Å²) in [6.07, 6.45) is 4.25. The molecule has 1 saturated carbocycles. The van der Waals surface area contributed by atoms with Gasteiger partial charge in [0.25, 0.3) is 0 Å². The molecule has 22 heavy (non-hydrogen) atoms. The van der Waals surface area contributed by atoms with Gasteiger partial charge in [-0.05, 0) is 30.7 Å². The number of nitrogens with one attached hydrogen (secondary N) is 1. The second-order valence-corrected chi connectivity index (χ2v) is 9.39. The summed E-state index contributed by atoms with van der Waals surface area (Å²) in [6.45, 7) is 1.56. The molecule has 0 unspecified atom stereocenters. The van der Waals surface area contributed by atoms with Crippen LogP contribution in [0.5, 0.6) is 0 Å². The topological polar surface area (TPSA) is 61.8 Å². The molecule has 1 aliphatic carbocycles. The largest absolute Gasteiger partial charge is 0.356 e. The second kappa shape index (κ2) is 7.00. The SMILES string of the molecule is CN=C(NCC1(CS(C)(=O)=O)CC1)N(C)CCc1cccs1. The highest BCUT2D eigenvalue weighted by Crippen LogP contribution is 2.46. The van der Waals surface area contributed by atoms with Gasteiger partial charge in [0.15, 0.2) is 5.96 Å². The number of nitrogens with zero attached hydrogens (tertiary/aromatic N) is 2. The third kappa shape index (κ3) is 5.28. The fourth-order valence-corrected chi connectivity index (χ4v) is 4.80. The molecule has 1 aromatic rings. The maximum atomic E-state index is 11.5. The lowest BCUT2D eigenvalue weighted by atomic mass is 10.1. The molecule has 0 saturated heterocycles. The minimum absolute atomic E-state index is 0.0852. The minimum atomic E-state index is -2.93. The van der Waals surface area contributed by atoms with E-state index in [0.717, 1.165) is 31.8 Å². The zero-order valence-corrected chi connectivity index (χ0v) is 15.1. The molecule has 1 heterocycles. The van der Waals surface area contributed by atoms with E-state index in [4.69, 9.17) is 0 Å². The van der Waals surface area contributed by atoms with E-state index in [1.807, 2.05) is 7.05 Å². The van der Waals surface area contributed by atoms with Gasteiger partial charge in [0.2, 0.25) is 0 Å². The van der Waals surface area contributed by atoms with Crippen molar-refractivity contribution in [1.82, 2.24) is 10.2 Å². The molecule has 1 fully saturated rings. The first-order chi connectivity index (χ1) is 10.3. The van der Waals surface area contributed by atoms with E-state index in [1.165, 1.54) is 11.1 Å². The Hall–Kier alpha value is -1.08. The molecule has 1 N–H and O–H groups in total. The smallest absolute Gasteiger partial charge is 0.193 e. The molecular formula is C15H25N3O2S2. The Bertz CT molecular complexity index is 605. The molecule has 1 aliphatic rings. The van der Waals surface area contributed by atoms with Crippen LogP contribution in [-0.4, -0.2) is 58.5 Å². The average Bonchev–Trinajstić information content (AvgIpc) is 2.99. The van der Waals surface area contributed by atoms with Gasteiger partial charge >= 0.3 is 0 Å². The number of thiophene rings is 1. The summed E-state index contributed by atoms with van der Waals surface area (Å²) >= 11 is 1.76. The summed E-state index contributed by atoms with van der Waals surface area (Å²) < 4.78 is 23.0. The number of rotatable bonds is 7. The Kier molecular flexibility index (Phi) is 5.50. The van der Waals surface area contributed by atoms with Gasteiger partial charge in [-0.1, -0.05) is 6.07 Å². The molecule has 0 amide bonds. The van der Waals surface area contributed by atoms with Gasteiger partial charge in [-0.2, -0.15) is 0 Å². The Labute approximate surface area is 137 Å². The van der Waals surface area contributed by atoms with Crippen LogP contribution < -0.4 is 5.32 Å². The van der Waals surface area contributed by atoms with E-state index >= 15 is 0 Å². The van der Waals surface area contributed by atoms with Crippen molar-refractivity contribution in [1.29, 1.82) is 0 Å². The summed E-state index contributed by atoms with van der Waals surface area (Å²) in [5, 5.41) is 5.43. The molecule has 124 valence electrons. The first-order valence-corrected chi connectivity index (χ1v) is 10.4. The third-order valence-electron chi connectivity index (χ3n) is 3.99. The van der Waals surface area contributed by atoms with Crippen LogP contribution in [0.15, 0.2) is 22.5 Å². The van der Waals surface area contributed by atoms with Crippen LogP contribution in [-0.2, 0) is 16.3 Å². The van der Waals surface area contributed by atoms with Crippen LogP contribution in [0.3, 0.4) is 0 Å². The zero-order valence-electron chi connectivity index (χ0n) is 13.5. The summed E-state index contributed by atoms with van der Waals surface area (Å²) in [7, 11) is 0.851. The molecule has 1 aromatic heterocycles. The molecule has 0 spiro atoms. The third-order valence-corrected chi connectivity index (χ3v) is 6.07. The lowest BCUT2D eigenvalue weighted by molar-refractivity contribution is 0.464. The number of guanidine groups is 1. The highest BCUT2D eigenvalue weighted by atomic mass is 32.2. The fourth-order valence-electron chi connectivity index (χ4n) is 2.60. The van der Waals surface area contributed by atoms with E-state index in [2.05, 4.69) is 32.7 Å². The van der Waals surface area contributed by atoms with Crippen LogP contribution in [0.25, 0.3) is 0 Å². The summed E-state index contributed by atoms with van der Waals surface area (Å²) in [5.74, 6) is 1.10. The number of sulfone groups is 1. The molecule has 0 aliphatic heterocycles. The minimum Gasteiger partial charge on any atom is -0.356 e. The molecule has 2 rings (SSSR count). The van der Waals surface area contributed by atoms with Crippen LogP contribution in [0.4, 0.5) is 0 Å². The van der Waals surface area contributed by atoms with Crippen LogP contribution in [0.2, 0.25) is 0 Å².